The second kappa shape index (κ2) is 18.8. The largest absolute Gasteiger partial charge is 0.493 e. The molecule has 54 heavy (non-hydrogen) atoms. The number of fused-ring (bicyclic) bond motifs is 2. The smallest absolute Gasteiger partial charge is 0.227 e. The first-order chi connectivity index (χ1) is 26.6. The first kappa shape index (κ1) is 38.7. The minimum atomic E-state index is 0.532. The van der Waals surface area contributed by atoms with Crippen molar-refractivity contribution in [3.05, 3.63) is 70.8 Å². The van der Waals surface area contributed by atoms with Crippen molar-refractivity contribution in [2.24, 2.45) is 16.8 Å². The molecule has 0 amide bonds. The molecule has 0 N–H and O–H groups in total. The number of hydrogen-bond donors (Lipinski definition) is 0. The van der Waals surface area contributed by atoms with Gasteiger partial charge in [0.15, 0.2) is 5.58 Å². The van der Waals surface area contributed by atoms with Gasteiger partial charge in [0.2, 0.25) is 5.89 Å². The van der Waals surface area contributed by atoms with Gasteiger partial charge in [-0.15, -0.1) is 0 Å². The molecule has 5 nitrogen and oxygen atoms in total. The molecule has 2 fully saturated rings. The Balaban J connectivity index is 1.10. The van der Waals surface area contributed by atoms with Crippen LogP contribution in [0.4, 0.5) is 5.69 Å². The van der Waals surface area contributed by atoms with Gasteiger partial charge in [0, 0.05) is 18.1 Å². The predicted octanol–water partition coefficient (Wildman–Crippen LogP) is 14.5. The minimum Gasteiger partial charge on any atom is -0.493 e. The Morgan fingerprint density at radius 2 is 1.22 bits per heavy atom. The maximum absolute atomic E-state index is 6.71. The Bertz CT molecular complexity index is 1830. The van der Waals surface area contributed by atoms with Gasteiger partial charge in [-0.25, -0.2) is 4.98 Å². The highest BCUT2D eigenvalue weighted by atomic mass is 16.5. The zero-order valence-corrected chi connectivity index (χ0v) is 33.9. The molecule has 0 bridgehead atoms. The van der Waals surface area contributed by atoms with Crippen molar-refractivity contribution < 1.29 is 13.9 Å². The number of oxazole rings is 1. The molecule has 2 aliphatic carbocycles. The van der Waals surface area contributed by atoms with Crippen LogP contribution in [-0.4, -0.2) is 23.9 Å². The van der Waals surface area contributed by atoms with Crippen LogP contribution in [0.25, 0.3) is 22.6 Å². The van der Waals surface area contributed by atoms with E-state index < -0.39 is 0 Å². The molecule has 2 unspecified atom stereocenters. The van der Waals surface area contributed by atoms with Crippen molar-refractivity contribution in [2.75, 3.05) is 13.2 Å². The van der Waals surface area contributed by atoms with Crippen molar-refractivity contribution in [1.82, 2.24) is 4.98 Å². The lowest BCUT2D eigenvalue weighted by atomic mass is 9.83. The Morgan fingerprint density at radius 1 is 0.667 bits per heavy atom. The van der Waals surface area contributed by atoms with Crippen LogP contribution in [-0.2, 0) is 6.42 Å². The number of rotatable bonds is 18. The Hall–Kier alpha value is -3.60. The molecule has 2 atom stereocenters. The van der Waals surface area contributed by atoms with Crippen LogP contribution in [0.1, 0.15) is 177 Å². The minimum absolute atomic E-state index is 0.532. The number of hydrogen-bond acceptors (Lipinski definition) is 5. The number of aromatic nitrogens is 1. The molecule has 2 heterocycles. The van der Waals surface area contributed by atoms with Crippen LogP contribution in [0.5, 0.6) is 11.5 Å². The van der Waals surface area contributed by atoms with Gasteiger partial charge in [0.1, 0.15) is 17.0 Å². The van der Waals surface area contributed by atoms with E-state index in [1.165, 1.54) is 126 Å². The summed E-state index contributed by atoms with van der Waals surface area (Å²) in [4.78, 5) is 10.3. The standard InChI is InChI=1S/C49H66N2O3/c1-5-9-17-34(7-3)32-52-46-28-40-27-43(50-44(40)29-41(46)36-19-13-11-14-20-36)38-23-25-39(26-24-38)49-51-45-30-42(37-21-15-12-16-22-37)47(31-48(45)54-49)53-33-35(8-4)18-10-6-2/h23-26,28-31,34-37H,5-22,27,32-33H2,1-4H3. The van der Waals surface area contributed by atoms with Gasteiger partial charge < -0.3 is 13.9 Å². The molecule has 1 aliphatic heterocycles. The summed E-state index contributed by atoms with van der Waals surface area (Å²) in [5.41, 5.74) is 10.1. The van der Waals surface area contributed by atoms with Crippen molar-refractivity contribution in [3.8, 4) is 23.0 Å². The normalized spacial score (nSPS) is 17.7. The summed E-state index contributed by atoms with van der Waals surface area (Å²) < 4.78 is 19.8. The molecule has 2 saturated carbocycles. The molecule has 290 valence electrons. The van der Waals surface area contributed by atoms with E-state index in [2.05, 4.69) is 76.2 Å². The van der Waals surface area contributed by atoms with E-state index in [0.29, 0.717) is 29.6 Å². The average molecular weight is 731 g/mol. The Morgan fingerprint density at radius 3 is 1.80 bits per heavy atom. The molecular formula is C49H66N2O3. The highest BCUT2D eigenvalue weighted by molar-refractivity contribution is 6.07. The van der Waals surface area contributed by atoms with E-state index in [0.717, 1.165) is 71.2 Å². The molecule has 5 heteroatoms. The third kappa shape index (κ3) is 9.25. The summed E-state index contributed by atoms with van der Waals surface area (Å²) >= 11 is 0. The number of ether oxygens (including phenoxy) is 2. The Kier molecular flexibility index (Phi) is 13.5. The summed E-state index contributed by atoms with van der Waals surface area (Å²) in [5.74, 6) is 5.09. The third-order valence-electron chi connectivity index (χ3n) is 12.9. The predicted molar refractivity (Wildman–Crippen MR) is 225 cm³/mol. The first-order valence-electron chi connectivity index (χ1n) is 22.1. The van der Waals surface area contributed by atoms with Gasteiger partial charge in [0.25, 0.3) is 0 Å². The second-order valence-corrected chi connectivity index (χ2v) is 16.8. The molecule has 0 spiro atoms. The summed E-state index contributed by atoms with van der Waals surface area (Å²) in [6, 6.07) is 17.8. The maximum atomic E-state index is 6.71. The van der Waals surface area contributed by atoms with Crippen LogP contribution in [0.2, 0.25) is 0 Å². The van der Waals surface area contributed by atoms with Gasteiger partial charge in [-0.3, -0.25) is 4.99 Å². The van der Waals surface area contributed by atoms with E-state index in [1.807, 2.05) is 0 Å². The highest BCUT2D eigenvalue weighted by Crippen LogP contribution is 2.44. The van der Waals surface area contributed by atoms with Gasteiger partial charge in [-0.1, -0.05) is 117 Å². The Labute approximate surface area is 325 Å². The molecular weight excluding hydrogens is 665 g/mol. The lowest BCUT2D eigenvalue weighted by Crippen LogP contribution is -2.14. The molecule has 3 aromatic carbocycles. The fourth-order valence-corrected chi connectivity index (χ4v) is 9.23. The van der Waals surface area contributed by atoms with E-state index in [9.17, 15) is 0 Å². The van der Waals surface area contributed by atoms with E-state index >= 15 is 0 Å². The monoisotopic (exact) mass is 731 g/mol. The number of unbranched alkanes of at least 4 members (excludes halogenated alkanes) is 2. The van der Waals surface area contributed by atoms with Crippen LogP contribution in [0.3, 0.4) is 0 Å². The number of nitrogens with zero attached hydrogens (tertiary/aromatic N) is 2. The molecule has 0 saturated heterocycles. The van der Waals surface area contributed by atoms with Crippen LogP contribution in [0.15, 0.2) is 57.9 Å². The average Bonchev–Trinajstić information content (AvgIpc) is 3.85. The fourth-order valence-electron chi connectivity index (χ4n) is 9.23. The topological polar surface area (TPSA) is 56.9 Å². The van der Waals surface area contributed by atoms with Gasteiger partial charge in [0.05, 0.1) is 24.6 Å². The molecule has 7 rings (SSSR count). The molecule has 3 aliphatic rings. The quantitative estimate of drug-likeness (QED) is 0.102. The van der Waals surface area contributed by atoms with Gasteiger partial charge in [-0.2, -0.15) is 0 Å². The van der Waals surface area contributed by atoms with E-state index in [1.54, 1.807) is 0 Å². The molecule has 0 radical (unpaired) electrons. The second-order valence-electron chi connectivity index (χ2n) is 16.8. The zero-order valence-electron chi connectivity index (χ0n) is 33.9. The van der Waals surface area contributed by atoms with E-state index in [-0.39, 0.29) is 0 Å². The lowest BCUT2D eigenvalue weighted by molar-refractivity contribution is 0.229. The summed E-state index contributed by atoms with van der Waals surface area (Å²) in [6.07, 6.45) is 23.5. The van der Waals surface area contributed by atoms with Crippen molar-refractivity contribution >= 4 is 22.5 Å². The van der Waals surface area contributed by atoms with Crippen molar-refractivity contribution in [3.63, 3.8) is 0 Å². The van der Waals surface area contributed by atoms with Gasteiger partial charge in [-0.05, 0) is 115 Å². The lowest BCUT2D eigenvalue weighted by Gasteiger charge is -2.26. The maximum Gasteiger partial charge on any atom is 0.227 e. The zero-order chi connectivity index (χ0) is 37.3. The summed E-state index contributed by atoms with van der Waals surface area (Å²) in [7, 11) is 0. The third-order valence-corrected chi connectivity index (χ3v) is 12.9. The van der Waals surface area contributed by atoms with Crippen molar-refractivity contribution in [1.29, 1.82) is 0 Å². The SMILES string of the molecule is CCCCC(CC)COc1cc2c(cc1C1CCCCC1)N=C(c1ccc(-c3nc4cc(C5CCCCC5)c(OCC(CC)CCCC)cc4o3)cc1)C2. The summed E-state index contributed by atoms with van der Waals surface area (Å²) in [5, 5.41) is 0. The molecule has 1 aromatic heterocycles. The van der Waals surface area contributed by atoms with Crippen LogP contribution in [0, 0.1) is 11.8 Å². The van der Waals surface area contributed by atoms with Gasteiger partial charge >= 0.3 is 0 Å². The van der Waals surface area contributed by atoms with E-state index in [4.69, 9.17) is 23.9 Å². The van der Waals surface area contributed by atoms with Crippen LogP contribution >= 0.6 is 0 Å². The number of benzene rings is 3. The van der Waals surface area contributed by atoms with Crippen LogP contribution < -0.4 is 9.47 Å². The highest BCUT2D eigenvalue weighted by Gasteiger charge is 2.26. The summed E-state index contributed by atoms with van der Waals surface area (Å²) in [6.45, 7) is 10.7. The number of aliphatic imine (C=N–C) groups is 1. The van der Waals surface area contributed by atoms with Crippen molar-refractivity contribution in [2.45, 2.75) is 162 Å². The molecule has 4 aromatic rings. The fraction of sp³-hybridized carbons (Fsp3) is 0.592. The first-order valence-corrected chi connectivity index (χ1v) is 22.1.